The van der Waals surface area contributed by atoms with Crippen LogP contribution in [0.2, 0.25) is 5.02 Å². The zero-order valence-corrected chi connectivity index (χ0v) is 17.9. The third-order valence-electron chi connectivity index (χ3n) is 5.05. The van der Waals surface area contributed by atoms with E-state index in [4.69, 9.17) is 11.6 Å². The highest BCUT2D eigenvalue weighted by Crippen LogP contribution is 2.30. The van der Waals surface area contributed by atoms with Gasteiger partial charge < -0.3 is 15.2 Å². The fraction of sp³-hybridized carbons (Fsp3) is 0.286. The largest absolute Gasteiger partial charge is 0.360 e. The minimum Gasteiger partial charge on any atom is -0.360 e. The topological polar surface area (TPSA) is 99.7 Å². The maximum absolute atomic E-state index is 13.2. The van der Waals surface area contributed by atoms with Gasteiger partial charge in [0.05, 0.1) is 23.1 Å². The van der Waals surface area contributed by atoms with E-state index in [-0.39, 0.29) is 24.8 Å². The number of halogens is 3. The molecule has 0 bridgehead atoms. The Labute approximate surface area is 187 Å². The van der Waals surface area contributed by atoms with Gasteiger partial charge in [-0.15, -0.1) is 0 Å². The molecule has 0 aliphatic rings. The number of benzene rings is 1. The third kappa shape index (κ3) is 4.18. The summed E-state index contributed by atoms with van der Waals surface area (Å²) in [7, 11) is 0. The lowest BCUT2D eigenvalue weighted by atomic mass is 10.0. The van der Waals surface area contributed by atoms with Crippen LogP contribution in [-0.4, -0.2) is 62.2 Å². The van der Waals surface area contributed by atoms with Crippen molar-refractivity contribution in [1.82, 2.24) is 29.8 Å². The van der Waals surface area contributed by atoms with Crippen molar-refractivity contribution in [2.24, 2.45) is 0 Å². The summed E-state index contributed by atoms with van der Waals surface area (Å²) in [5.41, 5.74) is 1.73. The molecular weight excluding hydrogens is 440 g/mol. The quantitative estimate of drug-likeness (QED) is 0.411. The predicted molar refractivity (Wildman–Crippen MR) is 118 cm³/mol. The van der Waals surface area contributed by atoms with Crippen molar-refractivity contribution >= 4 is 45.3 Å². The molecule has 0 saturated heterocycles. The number of aromatic amines is 1. The summed E-state index contributed by atoms with van der Waals surface area (Å²) in [6.45, 7) is -0.176. The second-order valence-corrected chi connectivity index (χ2v) is 7.50. The number of carbonyl (C=O) groups is 1. The Kier molecular flexibility index (Phi) is 6.40. The highest BCUT2D eigenvalue weighted by atomic mass is 35.5. The number of alkyl halides is 2. The molecule has 3 heterocycles. The summed E-state index contributed by atoms with van der Waals surface area (Å²) in [6, 6.07) is 6.66. The molecule has 4 aromatic rings. The first kappa shape index (κ1) is 21.8. The molecule has 166 valence electrons. The molecule has 0 spiro atoms. The van der Waals surface area contributed by atoms with Gasteiger partial charge in [0.1, 0.15) is 30.9 Å². The van der Waals surface area contributed by atoms with Crippen LogP contribution in [0.4, 0.5) is 14.6 Å². The molecule has 0 fully saturated rings. The number of hydrogen-bond donors (Lipinski definition) is 2. The summed E-state index contributed by atoms with van der Waals surface area (Å²) < 4.78 is 26.0. The monoisotopic (exact) mass is 459 g/mol. The molecule has 32 heavy (non-hydrogen) atoms. The molecule has 11 heteroatoms. The molecule has 1 aromatic carbocycles. The molecular formula is C21H20ClF2N7O. The highest BCUT2D eigenvalue weighted by molar-refractivity contribution is 6.36. The van der Waals surface area contributed by atoms with E-state index in [1.807, 2.05) is 19.1 Å². The van der Waals surface area contributed by atoms with Crippen LogP contribution in [0, 0.1) is 0 Å². The summed E-state index contributed by atoms with van der Waals surface area (Å²) >= 11 is 6.38. The van der Waals surface area contributed by atoms with E-state index in [0.29, 0.717) is 38.5 Å². The van der Waals surface area contributed by atoms with E-state index in [1.165, 1.54) is 12.7 Å². The molecule has 1 amide bonds. The van der Waals surface area contributed by atoms with Crippen LogP contribution in [0.15, 0.2) is 36.9 Å². The number of carbonyl (C=O) groups excluding carboxylic acids is 1. The second-order valence-electron chi connectivity index (χ2n) is 7.09. The van der Waals surface area contributed by atoms with Gasteiger partial charge in [-0.2, -0.15) is 0 Å². The Morgan fingerprint density at radius 1 is 1.22 bits per heavy atom. The van der Waals surface area contributed by atoms with Crippen LogP contribution in [0.1, 0.15) is 29.1 Å². The lowest BCUT2D eigenvalue weighted by Gasteiger charge is -2.22. The smallest absolute Gasteiger partial charge is 0.273 e. The Hall–Kier alpha value is -3.40. The number of imidazole rings is 1. The van der Waals surface area contributed by atoms with Crippen molar-refractivity contribution in [2.45, 2.75) is 13.0 Å². The number of amides is 1. The first-order chi connectivity index (χ1) is 15.5. The van der Waals surface area contributed by atoms with Crippen molar-refractivity contribution in [3.05, 3.63) is 53.3 Å². The standard InChI is InChI=1S/C21H20ClF2N7O/c1-12(29-20-18-19(26-10-25-18)27-11-28-20)15-9-13-3-2-4-14(22)16(13)17(30-15)21(32)31(7-5-23)8-6-24/h2-4,9-12H,5-8H2,1H3,(H2,25,26,27,28,29)/t12-/m0/s1. The van der Waals surface area contributed by atoms with Gasteiger partial charge in [0.2, 0.25) is 0 Å². The molecule has 2 N–H and O–H groups in total. The molecule has 0 unspecified atom stereocenters. The van der Waals surface area contributed by atoms with E-state index < -0.39 is 19.3 Å². The third-order valence-corrected chi connectivity index (χ3v) is 5.36. The fourth-order valence-corrected chi connectivity index (χ4v) is 3.76. The number of rotatable bonds is 8. The number of pyridine rings is 1. The van der Waals surface area contributed by atoms with Crippen LogP contribution in [0.25, 0.3) is 21.9 Å². The lowest BCUT2D eigenvalue weighted by Crippen LogP contribution is -2.35. The molecule has 3 aromatic heterocycles. The van der Waals surface area contributed by atoms with E-state index in [1.54, 1.807) is 12.1 Å². The Balaban J connectivity index is 1.77. The molecule has 8 nitrogen and oxygen atoms in total. The Morgan fingerprint density at radius 3 is 2.75 bits per heavy atom. The number of aromatic nitrogens is 5. The minimum atomic E-state index is -0.789. The summed E-state index contributed by atoms with van der Waals surface area (Å²) in [5, 5.41) is 4.71. The van der Waals surface area contributed by atoms with Crippen LogP contribution in [0.3, 0.4) is 0 Å². The van der Waals surface area contributed by atoms with Crippen molar-refractivity contribution < 1.29 is 13.6 Å². The van der Waals surface area contributed by atoms with Crippen LogP contribution < -0.4 is 5.32 Å². The Morgan fingerprint density at radius 2 is 2.00 bits per heavy atom. The van der Waals surface area contributed by atoms with E-state index >= 15 is 0 Å². The second kappa shape index (κ2) is 9.39. The number of H-pyrrole nitrogens is 1. The van der Waals surface area contributed by atoms with Crippen molar-refractivity contribution in [3.63, 3.8) is 0 Å². The molecule has 4 rings (SSSR count). The van der Waals surface area contributed by atoms with E-state index in [2.05, 4.69) is 30.2 Å². The molecule has 0 aliphatic heterocycles. The molecule has 0 aliphatic carbocycles. The number of fused-ring (bicyclic) bond motifs is 2. The maximum atomic E-state index is 13.2. The summed E-state index contributed by atoms with van der Waals surface area (Å²) in [6.07, 6.45) is 2.92. The van der Waals surface area contributed by atoms with Crippen LogP contribution in [0.5, 0.6) is 0 Å². The van der Waals surface area contributed by atoms with Gasteiger partial charge >= 0.3 is 0 Å². The highest BCUT2D eigenvalue weighted by Gasteiger charge is 2.23. The first-order valence-electron chi connectivity index (χ1n) is 9.94. The van der Waals surface area contributed by atoms with Crippen molar-refractivity contribution in [3.8, 4) is 0 Å². The molecule has 0 radical (unpaired) electrons. The molecule has 1 atom stereocenters. The number of hydrogen-bond acceptors (Lipinski definition) is 6. The van der Waals surface area contributed by atoms with Crippen molar-refractivity contribution in [1.29, 1.82) is 0 Å². The number of nitrogens with one attached hydrogen (secondary N) is 2. The maximum Gasteiger partial charge on any atom is 0.273 e. The van der Waals surface area contributed by atoms with Gasteiger partial charge in [-0.05, 0) is 24.4 Å². The average Bonchev–Trinajstić information content (AvgIpc) is 3.28. The van der Waals surface area contributed by atoms with Gasteiger partial charge in [-0.1, -0.05) is 23.7 Å². The van der Waals surface area contributed by atoms with Crippen LogP contribution >= 0.6 is 11.6 Å². The molecule has 0 saturated carbocycles. The first-order valence-corrected chi connectivity index (χ1v) is 10.3. The van der Waals surface area contributed by atoms with Gasteiger partial charge in [0, 0.05) is 18.5 Å². The normalized spacial score (nSPS) is 12.2. The predicted octanol–water partition coefficient (Wildman–Crippen LogP) is 4.11. The fourth-order valence-electron chi connectivity index (χ4n) is 3.49. The zero-order chi connectivity index (χ0) is 22.7. The summed E-state index contributed by atoms with van der Waals surface area (Å²) in [5.74, 6) is -0.0530. The zero-order valence-electron chi connectivity index (χ0n) is 17.1. The van der Waals surface area contributed by atoms with Crippen molar-refractivity contribution in [2.75, 3.05) is 31.8 Å². The summed E-state index contributed by atoms with van der Waals surface area (Å²) in [4.78, 5) is 34.3. The lowest BCUT2D eigenvalue weighted by molar-refractivity contribution is 0.0729. The average molecular weight is 460 g/mol. The van der Waals surface area contributed by atoms with Gasteiger partial charge in [-0.25, -0.2) is 28.7 Å². The van der Waals surface area contributed by atoms with Gasteiger partial charge in [0.15, 0.2) is 11.5 Å². The number of nitrogens with zero attached hydrogens (tertiary/aromatic N) is 5. The van der Waals surface area contributed by atoms with Gasteiger partial charge in [-0.3, -0.25) is 4.79 Å². The number of anilines is 1. The van der Waals surface area contributed by atoms with Gasteiger partial charge in [0.25, 0.3) is 5.91 Å². The van der Waals surface area contributed by atoms with Crippen LogP contribution in [-0.2, 0) is 0 Å². The van der Waals surface area contributed by atoms with E-state index in [0.717, 1.165) is 4.90 Å². The minimum absolute atomic E-state index is 0.0491. The Bertz CT molecular complexity index is 1260. The SMILES string of the molecule is C[C@H](Nc1ncnc2nc[nH]c12)c1cc2cccc(Cl)c2c(C(=O)N(CCF)CCF)n1. The van der Waals surface area contributed by atoms with E-state index in [9.17, 15) is 13.6 Å².